The lowest BCUT2D eigenvalue weighted by Crippen LogP contribution is -2.16. The van der Waals surface area contributed by atoms with E-state index in [1.807, 2.05) is 0 Å². The normalized spacial score (nSPS) is 11.4. The van der Waals surface area contributed by atoms with Gasteiger partial charge >= 0.3 is 12.1 Å². The van der Waals surface area contributed by atoms with Crippen LogP contribution in [0.25, 0.3) is 22.1 Å². The molecule has 0 fully saturated rings. The van der Waals surface area contributed by atoms with E-state index in [2.05, 4.69) is 0 Å². The number of esters is 1. The minimum atomic E-state index is -4.95. The number of rotatable bonds is 4. The van der Waals surface area contributed by atoms with Crippen molar-refractivity contribution in [2.24, 2.45) is 0 Å². The lowest BCUT2D eigenvalue weighted by Gasteiger charge is -2.13. The molecule has 9 heteroatoms. The molecule has 168 valence electrons. The van der Waals surface area contributed by atoms with Crippen LogP contribution in [0.3, 0.4) is 0 Å². The van der Waals surface area contributed by atoms with Crippen LogP contribution in [0.5, 0.6) is 11.5 Å². The molecule has 0 aliphatic carbocycles. The average Bonchev–Trinajstić information content (AvgIpc) is 2.78. The number of methoxy groups -OCH3 is 1. The molecule has 0 unspecified atom stereocenters. The number of ether oxygens (including phenoxy) is 2. The van der Waals surface area contributed by atoms with E-state index in [-0.39, 0.29) is 27.8 Å². The molecule has 0 amide bonds. The summed E-state index contributed by atoms with van der Waals surface area (Å²) in [7, 11) is 1.41. The van der Waals surface area contributed by atoms with Gasteiger partial charge in [0.1, 0.15) is 17.1 Å². The highest BCUT2D eigenvalue weighted by Crippen LogP contribution is 2.38. The van der Waals surface area contributed by atoms with Crippen LogP contribution in [0.1, 0.15) is 16.1 Å². The number of hydrogen-bond donors (Lipinski definition) is 0. The predicted molar refractivity (Wildman–Crippen MR) is 116 cm³/mol. The van der Waals surface area contributed by atoms with Gasteiger partial charge in [0.15, 0.2) is 0 Å². The summed E-state index contributed by atoms with van der Waals surface area (Å²) in [4.78, 5) is 25.4. The highest BCUT2D eigenvalue weighted by Gasteiger charge is 2.39. The van der Waals surface area contributed by atoms with Gasteiger partial charge in [-0.25, -0.2) is 4.79 Å². The summed E-state index contributed by atoms with van der Waals surface area (Å²) in [5.74, 6) is -1.90. The predicted octanol–water partition coefficient (Wildman–Crippen LogP) is 6.36. The van der Waals surface area contributed by atoms with E-state index in [1.54, 1.807) is 12.1 Å². The fraction of sp³-hybridized carbons (Fsp3) is 0.0833. The minimum Gasteiger partial charge on any atom is -0.497 e. The molecule has 0 aliphatic rings. The van der Waals surface area contributed by atoms with Crippen molar-refractivity contribution in [2.45, 2.75) is 6.18 Å². The lowest BCUT2D eigenvalue weighted by molar-refractivity contribution is -0.152. The van der Waals surface area contributed by atoms with Crippen molar-refractivity contribution in [1.29, 1.82) is 0 Å². The molecule has 4 aromatic rings. The van der Waals surface area contributed by atoms with E-state index in [9.17, 15) is 22.8 Å². The summed E-state index contributed by atoms with van der Waals surface area (Å²) >= 11 is 5.86. The zero-order chi connectivity index (χ0) is 23.8. The molecule has 0 N–H and O–H groups in total. The van der Waals surface area contributed by atoms with Gasteiger partial charge in [0.2, 0.25) is 11.2 Å². The van der Waals surface area contributed by atoms with Gasteiger partial charge in [0.25, 0.3) is 0 Å². The number of halogens is 4. The Morgan fingerprint density at radius 3 is 2.30 bits per heavy atom. The number of fused-ring (bicyclic) bond motifs is 1. The maximum atomic E-state index is 13.8. The van der Waals surface area contributed by atoms with Crippen LogP contribution in [-0.2, 0) is 6.18 Å². The Bertz CT molecular complexity index is 1410. The maximum Gasteiger partial charge on any atom is 0.450 e. The Hall–Kier alpha value is -3.78. The highest BCUT2D eigenvalue weighted by atomic mass is 35.5. The van der Waals surface area contributed by atoms with Crippen LogP contribution < -0.4 is 14.9 Å². The average molecular weight is 475 g/mol. The molecular formula is C24H14ClF3O5. The van der Waals surface area contributed by atoms with Gasteiger partial charge in [0, 0.05) is 11.1 Å². The molecule has 0 aliphatic heterocycles. The van der Waals surface area contributed by atoms with Crippen molar-refractivity contribution in [1.82, 2.24) is 0 Å². The van der Waals surface area contributed by atoms with E-state index in [4.69, 9.17) is 25.5 Å². The number of benzene rings is 3. The molecule has 1 heterocycles. The second kappa shape index (κ2) is 8.63. The lowest BCUT2D eigenvalue weighted by atomic mass is 10.0. The fourth-order valence-electron chi connectivity index (χ4n) is 3.24. The third kappa shape index (κ3) is 4.56. The van der Waals surface area contributed by atoms with Gasteiger partial charge in [-0.2, -0.15) is 13.2 Å². The number of carbonyl (C=O) groups is 1. The third-order valence-corrected chi connectivity index (χ3v) is 5.01. The summed E-state index contributed by atoms with van der Waals surface area (Å²) < 4.78 is 56.8. The molecule has 33 heavy (non-hydrogen) atoms. The number of hydrogen-bond acceptors (Lipinski definition) is 5. The van der Waals surface area contributed by atoms with E-state index in [1.165, 1.54) is 55.6 Å². The summed E-state index contributed by atoms with van der Waals surface area (Å²) in [5, 5.41) is 0.214. The second-order valence-corrected chi connectivity index (χ2v) is 7.36. The van der Waals surface area contributed by atoms with Crippen LogP contribution in [0.15, 0.2) is 75.9 Å². The Kier molecular flexibility index (Phi) is 5.86. The summed E-state index contributed by atoms with van der Waals surface area (Å²) in [5.41, 5.74) is -1.70. The maximum absolute atomic E-state index is 13.8. The molecule has 1 aromatic heterocycles. The zero-order valence-corrected chi connectivity index (χ0v) is 17.7. The summed E-state index contributed by atoms with van der Waals surface area (Å²) in [6.07, 6.45) is -4.95. The van der Waals surface area contributed by atoms with Gasteiger partial charge in [-0.15, -0.1) is 0 Å². The Balaban J connectivity index is 1.81. The van der Waals surface area contributed by atoms with Crippen molar-refractivity contribution >= 4 is 28.5 Å². The molecule has 3 aromatic carbocycles. The third-order valence-electron chi connectivity index (χ3n) is 4.77. The monoisotopic (exact) mass is 474 g/mol. The molecule has 0 bridgehead atoms. The van der Waals surface area contributed by atoms with Crippen molar-refractivity contribution in [3.63, 3.8) is 0 Å². The molecule has 0 saturated carbocycles. The van der Waals surface area contributed by atoms with E-state index in [0.717, 1.165) is 6.07 Å². The first-order valence-electron chi connectivity index (χ1n) is 9.47. The van der Waals surface area contributed by atoms with Gasteiger partial charge in [-0.05, 0) is 48.0 Å². The van der Waals surface area contributed by atoms with Crippen LogP contribution in [0, 0.1) is 0 Å². The number of alkyl halides is 3. The summed E-state index contributed by atoms with van der Waals surface area (Å²) in [6.45, 7) is 0. The quantitative estimate of drug-likeness (QED) is 0.254. The molecule has 0 spiro atoms. The topological polar surface area (TPSA) is 65.7 Å². The van der Waals surface area contributed by atoms with Crippen LogP contribution in [0.2, 0.25) is 5.02 Å². The highest BCUT2D eigenvalue weighted by molar-refractivity contribution is 6.30. The van der Waals surface area contributed by atoms with E-state index < -0.39 is 28.9 Å². The van der Waals surface area contributed by atoms with Crippen LogP contribution >= 0.6 is 11.6 Å². The second-order valence-electron chi connectivity index (χ2n) is 6.92. The molecule has 4 rings (SSSR count). The Morgan fingerprint density at radius 1 is 0.970 bits per heavy atom. The Labute approximate surface area is 189 Å². The van der Waals surface area contributed by atoms with Gasteiger partial charge in [-0.1, -0.05) is 29.8 Å². The fourth-order valence-corrected chi connectivity index (χ4v) is 3.43. The molecule has 0 atom stereocenters. The van der Waals surface area contributed by atoms with Crippen LogP contribution in [0.4, 0.5) is 13.2 Å². The van der Waals surface area contributed by atoms with Crippen molar-refractivity contribution < 1.29 is 31.9 Å². The molecule has 0 radical (unpaired) electrons. The smallest absolute Gasteiger partial charge is 0.450 e. The number of carbonyl (C=O) groups excluding carboxylic acids is 1. The van der Waals surface area contributed by atoms with Crippen LogP contribution in [-0.4, -0.2) is 13.1 Å². The van der Waals surface area contributed by atoms with Gasteiger partial charge in [0.05, 0.1) is 23.6 Å². The molecule has 0 saturated heterocycles. The first kappa shape index (κ1) is 22.4. The van der Waals surface area contributed by atoms with E-state index >= 15 is 0 Å². The van der Waals surface area contributed by atoms with Gasteiger partial charge in [-0.3, -0.25) is 4.79 Å². The standard InChI is InChI=1S/C24H14ClF3O5/c1-31-16-7-5-13(6-8-16)20-21(29)18-10-9-17(12-19(18)33-22(20)24(26,27)28)32-23(30)14-3-2-4-15(25)11-14/h2-12H,1H3. The first-order valence-corrected chi connectivity index (χ1v) is 9.85. The minimum absolute atomic E-state index is 0.0234. The van der Waals surface area contributed by atoms with Crippen molar-refractivity contribution in [3.8, 4) is 22.6 Å². The molecular weight excluding hydrogens is 461 g/mol. The SMILES string of the molecule is COc1ccc(-c2c(C(F)(F)F)oc3cc(OC(=O)c4cccc(Cl)c4)ccc3c2=O)cc1. The molecule has 5 nitrogen and oxygen atoms in total. The summed E-state index contributed by atoms with van der Waals surface area (Å²) in [6, 6.07) is 15.1. The van der Waals surface area contributed by atoms with Crippen molar-refractivity contribution in [3.05, 3.63) is 93.3 Å². The van der Waals surface area contributed by atoms with Crippen molar-refractivity contribution in [2.75, 3.05) is 7.11 Å². The zero-order valence-electron chi connectivity index (χ0n) is 16.9. The first-order chi connectivity index (χ1) is 15.7. The van der Waals surface area contributed by atoms with E-state index in [0.29, 0.717) is 10.8 Å². The van der Waals surface area contributed by atoms with Gasteiger partial charge < -0.3 is 13.9 Å². The Morgan fingerprint density at radius 2 is 1.67 bits per heavy atom. The largest absolute Gasteiger partial charge is 0.497 e.